The molecule has 0 saturated heterocycles. The van der Waals surface area contributed by atoms with Crippen LogP contribution in [-0.2, 0) is 4.79 Å². The zero-order valence-corrected chi connectivity index (χ0v) is 15.8. The van der Waals surface area contributed by atoms with Gasteiger partial charge in [-0.05, 0) is 54.2 Å². The van der Waals surface area contributed by atoms with E-state index in [4.69, 9.17) is 5.11 Å². The van der Waals surface area contributed by atoms with Gasteiger partial charge in [0.05, 0.1) is 12.5 Å². The van der Waals surface area contributed by atoms with E-state index in [0.717, 1.165) is 17.7 Å². The van der Waals surface area contributed by atoms with Crippen molar-refractivity contribution in [3.8, 4) is 0 Å². The molecule has 0 unspecified atom stereocenters. The maximum absolute atomic E-state index is 12.4. The van der Waals surface area contributed by atoms with E-state index < -0.39 is 5.97 Å². The molecule has 3 atom stereocenters. The molecule has 4 rings (SSSR count). The molecular formula is C23H24N2O3. The lowest BCUT2D eigenvalue weighted by molar-refractivity contribution is -0.136. The normalized spacial score (nSPS) is 22.1. The molecule has 0 saturated carbocycles. The fourth-order valence-electron chi connectivity index (χ4n) is 4.36. The van der Waals surface area contributed by atoms with E-state index in [1.54, 1.807) is 6.07 Å². The third kappa shape index (κ3) is 3.40. The van der Waals surface area contributed by atoms with Gasteiger partial charge < -0.3 is 15.7 Å². The van der Waals surface area contributed by atoms with Crippen molar-refractivity contribution in [1.29, 1.82) is 0 Å². The number of carboxylic acids is 1. The molecule has 2 aromatic rings. The molecule has 1 amide bonds. The smallest absolute Gasteiger partial charge is 0.305 e. The number of amides is 1. The largest absolute Gasteiger partial charge is 0.481 e. The van der Waals surface area contributed by atoms with E-state index in [1.807, 2.05) is 12.1 Å². The van der Waals surface area contributed by atoms with Crippen molar-refractivity contribution >= 4 is 17.6 Å². The van der Waals surface area contributed by atoms with Crippen molar-refractivity contribution in [3.63, 3.8) is 0 Å². The van der Waals surface area contributed by atoms with E-state index in [9.17, 15) is 9.59 Å². The molecule has 2 aromatic carbocycles. The molecular weight excluding hydrogens is 352 g/mol. The standard InChI is InChI=1S/C23H24N2O3/c1-14-5-2-3-6-16(14)22-18-8-4-7-17(18)19-13-15(9-10-20(19)25-22)23(28)24-12-11-21(26)27/h2-7,9-10,13,17-18,22,25H,8,11-12H2,1H3,(H,24,28)(H,26,27)/t17-,18-,22+/m0/s1. The SMILES string of the molecule is Cc1ccccc1[C@H]1Nc2ccc(C(=O)NCCC(=O)O)cc2[C@H]2C=CC[C@@H]21. The van der Waals surface area contributed by atoms with Crippen LogP contribution in [0.25, 0.3) is 0 Å². The molecule has 0 spiro atoms. The predicted molar refractivity (Wildman–Crippen MR) is 109 cm³/mol. The Morgan fingerprint density at radius 1 is 1.18 bits per heavy atom. The number of nitrogens with one attached hydrogen (secondary N) is 2. The van der Waals surface area contributed by atoms with E-state index in [0.29, 0.717) is 11.5 Å². The number of hydrogen-bond donors (Lipinski definition) is 3. The van der Waals surface area contributed by atoms with E-state index >= 15 is 0 Å². The van der Waals surface area contributed by atoms with Crippen LogP contribution in [0.5, 0.6) is 0 Å². The van der Waals surface area contributed by atoms with Gasteiger partial charge in [-0.3, -0.25) is 9.59 Å². The number of allylic oxidation sites excluding steroid dienone is 2. The molecule has 28 heavy (non-hydrogen) atoms. The highest BCUT2D eigenvalue weighted by Crippen LogP contribution is 2.50. The van der Waals surface area contributed by atoms with E-state index in [-0.39, 0.29) is 30.8 Å². The Hall–Kier alpha value is -3.08. The van der Waals surface area contributed by atoms with Crippen LogP contribution in [0.3, 0.4) is 0 Å². The average Bonchev–Trinajstić information content (AvgIpc) is 3.17. The van der Waals surface area contributed by atoms with Gasteiger partial charge in [0.2, 0.25) is 0 Å². The highest BCUT2D eigenvalue weighted by atomic mass is 16.4. The molecule has 144 valence electrons. The molecule has 5 nitrogen and oxygen atoms in total. The van der Waals surface area contributed by atoms with Crippen molar-refractivity contribution < 1.29 is 14.7 Å². The molecule has 1 heterocycles. The number of fused-ring (bicyclic) bond motifs is 3. The first-order valence-electron chi connectivity index (χ1n) is 9.67. The van der Waals surface area contributed by atoms with Crippen molar-refractivity contribution in [2.24, 2.45) is 5.92 Å². The number of rotatable bonds is 5. The fraction of sp³-hybridized carbons (Fsp3) is 0.304. The third-order valence-corrected chi connectivity index (χ3v) is 5.77. The predicted octanol–water partition coefficient (Wildman–Crippen LogP) is 4.03. The Labute approximate surface area is 164 Å². The maximum Gasteiger partial charge on any atom is 0.305 e. The summed E-state index contributed by atoms with van der Waals surface area (Å²) < 4.78 is 0. The van der Waals surface area contributed by atoms with Crippen LogP contribution in [0.4, 0.5) is 5.69 Å². The summed E-state index contributed by atoms with van der Waals surface area (Å²) in [7, 11) is 0. The van der Waals surface area contributed by atoms with Gasteiger partial charge in [-0.15, -0.1) is 0 Å². The van der Waals surface area contributed by atoms with Gasteiger partial charge in [-0.2, -0.15) is 0 Å². The summed E-state index contributed by atoms with van der Waals surface area (Å²) in [6.07, 6.45) is 5.41. The lowest BCUT2D eigenvalue weighted by Gasteiger charge is -2.38. The Kier molecular flexibility index (Phi) is 4.90. The molecule has 2 aliphatic rings. The number of carboxylic acid groups (broad SMARTS) is 1. The van der Waals surface area contributed by atoms with E-state index in [2.05, 4.69) is 54.0 Å². The second-order valence-electron chi connectivity index (χ2n) is 7.53. The van der Waals surface area contributed by atoms with Crippen LogP contribution in [0.15, 0.2) is 54.6 Å². The maximum atomic E-state index is 12.4. The molecule has 5 heteroatoms. The first-order chi connectivity index (χ1) is 13.5. The highest BCUT2D eigenvalue weighted by Gasteiger charge is 2.38. The van der Waals surface area contributed by atoms with E-state index in [1.165, 1.54) is 11.1 Å². The van der Waals surface area contributed by atoms with Gasteiger partial charge in [0.1, 0.15) is 0 Å². The molecule has 0 aromatic heterocycles. The molecule has 0 fully saturated rings. The van der Waals surface area contributed by atoms with Crippen molar-refractivity contribution in [2.45, 2.75) is 31.7 Å². The first-order valence-corrected chi connectivity index (χ1v) is 9.67. The highest BCUT2D eigenvalue weighted by molar-refractivity contribution is 5.95. The van der Waals surface area contributed by atoms with Crippen LogP contribution in [-0.4, -0.2) is 23.5 Å². The molecule has 1 aliphatic heterocycles. The average molecular weight is 376 g/mol. The van der Waals surface area contributed by atoms with Gasteiger partial charge in [0.25, 0.3) is 5.91 Å². The lowest BCUT2D eigenvalue weighted by atomic mass is 9.76. The molecule has 0 bridgehead atoms. The minimum absolute atomic E-state index is 0.0796. The van der Waals surface area contributed by atoms with Crippen molar-refractivity contribution in [1.82, 2.24) is 5.32 Å². The minimum Gasteiger partial charge on any atom is -0.481 e. The second kappa shape index (κ2) is 7.50. The number of hydrogen-bond acceptors (Lipinski definition) is 3. The van der Waals surface area contributed by atoms with Gasteiger partial charge in [0.15, 0.2) is 0 Å². The summed E-state index contributed by atoms with van der Waals surface area (Å²) in [5, 5.41) is 15.1. The zero-order valence-electron chi connectivity index (χ0n) is 15.8. The summed E-state index contributed by atoms with van der Waals surface area (Å²) in [4.78, 5) is 23.0. The fourth-order valence-corrected chi connectivity index (χ4v) is 4.36. The second-order valence-corrected chi connectivity index (χ2v) is 7.53. The van der Waals surface area contributed by atoms with Crippen LogP contribution >= 0.6 is 0 Å². The Morgan fingerprint density at radius 2 is 2.00 bits per heavy atom. The number of anilines is 1. The summed E-state index contributed by atoms with van der Waals surface area (Å²) in [5.74, 6) is -0.466. The lowest BCUT2D eigenvalue weighted by Crippen LogP contribution is -2.30. The van der Waals surface area contributed by atoms with Crippen LogP contribution in [0, 0.1) is 12.8 Å². The monoisotopic (exact) mass is 376 g/mol. The Balaban J connectivity index is 1.61. The topological polar surface area (TPSA) is 78.4 Å². The van der Waals surface area contributed by atoms with Gasteiger partial charge in [-0.1, -0.05) is 36.4 Å². The van der Waals surface area contributed by atoms with Crippen LogP contribution in [0.1, 0.15) is 51.8 Å². The Morgan fingerprint density at radius 3 is 2.79 bits per heavy atom. The number of carbonyl (C=O) groups is 2. The van der Waals surface area contributed by atoms with Gasteiger partial charge >= 0.3 is 5.97 Å². The zero-order chi connectivity index (χ0) is 19.7. The summed E-state index contributed by atoms with van der Waals surface area (Å²) in [5.41, 5.74) is 5.36. The van der Waals surface area contributed by atoms with Crippen molar-refractivity contribution in [2.75, 3.05) is 11.9 Å². The summed E-state index contributed by atoms with van der Waals surface area (Å²) in [6.45, 7) is 2.28. The third-order valence-electron chi connectivity index (χ3n) is 5.77. The number of aryl methyl sites for hydroxylation is 1. The van der Waals surface area contributed by atoms with Gasteiger partial charge in [0, 0.05) is 23.7 Å². The molecule has 0 radical (unpaired) electrons. The number of aliphatic carboxylic acids is 1. The molecule has 3 N–H and O–H groups in total. The quantitative estimate of drug-likeness (QED) is 0.689. The first kappa shape index (κ1) is 18.3. The van der Waals surface area contributed by atoms with Crippen LogP contribution < -0.4 is 10.6 Å². The molecule has 1 aliphatic carbocycles. The number of carbonyl (C=O) groups excluding carboxylic acids is 1. The minimum atomic E-state index is -0.920. The summed E-state index contributed by atoms with van der Waals surface area (Å²) >= 11 is 0. The number of benzene rings is 2. The van der Waals surface area contributed by atoms with Crippen LogP contribution in [0.2, 0.25) is 0 Å². The van der Waals surface area contributed by atoms with Crippen molar-refractivity contribution in [3.05, 3.63) is 76.9 Å². The van der Waals surface area contributed by atoms with Gasteiger partial charge in [-0.25, -0.2) is 0 Å². The summed E-state index contributed by atoms with van der Waals surface area (Å²) in [6, 6.07) is 14.4. The Bertz CT molecular complexity index is 951.